The molecule has 102 valence electrons. The van der Waals surface area contributed by atoms with Crippen molar-refractivity contribution >= 4 is 34.9 Å². The lowest BCUT2D eigenvalue weighted by atomic mass is 10.1. The van der Waals surface area contributed by atoms with Gasteiger partial charge >= 0.3 is 0 Å². The van der Waals surface area contributed by atoms with Crippen LogP contribution in [0.5, 0.6) is 0 Å². The number of fused-ring (bicyclic) bond motifs is 1. The molecule has 0 radical (unpaired) electrons. The van der Waals surface area contributed by atoms with Crippen LogP contribution in [0.25, 0.3) is 11.0 Å². The Kier molecular flexibility index (Phi) is 3.36. The SMILES string of the molecule is CC(c1ccc(Cl)cc1)n1c(=S)[nH]c2ccc(F)cc21. The standard InChI is InChI=1S/C15H12ClFN2S/c1-9(10-2-4-11(16)5-3-10)19-14-8-12(17)6-7-13(14)18-15(19)20/h2-9H,1H3,(H,18,20). The molecule has 2 aromatic carbocycles. The highest BCUT2D eigenvalue weighted by Gasteiger charge is 2.13. The highest BCUT2D eigenvalue weighted by Crippen LogP contribution is 2.25. The van der Waals surface area contributed by atoms with Gasteiger partial charge in [0.25, 0.3) is 0 Å². The van der Waals surface area contributed by atoms with E-state index in [1.54, 1.807) is 6.07 Å². The molecule has 2 nitrogen and oxygen atoms in total. The number of aromatic amines is 1. The van der Waals surface area contributed by atoms with Crippen LogP contribution in [0.1, 0.15) is 18.5 Å². The molecule has 0 aliphatic rings. The Morgan fingerprint density at radius 1 is 1.20 bits per heavy atom. The fourth-order valence-electron chi connectivity index (χ4n) is 2.37. The van der Waals surface area contributed by atoms with E-state index in [9.17, 15) is 4.39 Å². The average molecular weight is 307 g/mol. The molecule has 1 atom stereocenters. The van der Waals surface area contributed by atoms with Gasteiger partial charge in [-0.2, -0.15) is 0 Å². The first-order chi connectivity index (χ1) is 9.56. The van der Waals surface area contributed by atoms with Gasteiger partial charge in [-0.15, -0.1) is 0 Å². The smallest absolute Gasteiger partial charge is 0.178 e. The summed E-state index contributed by atoms with van der Waals surface area (Å²) in [4.78, 5) is 3.10. The van der Waals surface area contributed by atoms with Crippen LogP contribution in [-0.2, 0) is 0 Å². The molecule has 3 aromatic rings. The van der Waals surface area contributed by atoms with Crippen molar-refractivity contribution in [1.29, 1.82) is 0 Å². The summed E-state index contributed by atoms with van der Waals surface area (Å²) in [5.41, 5.74) is 2.66. The molecule has 0 bridgehead atoms. The maximum Gasteiger partial charge on any atom is 0.178 e. The zero-order chi connectivity index (χ0) is 14.3. The van der Waals surface area contributed by atoms with E-state index in [0.29, 0.717) is 9.79 Å². The van der Waals surface area contributed by atoms with Crippen molar-refractivity contribution in [2.75, 3.05) is 0 Å². The first-order valence-electron chi connectivity index (χ1n) is 6.21. The summed E-state index contributed by atoms with van der Waals surface area (Å²) >= 11 is 11.3. The van der Waals surface area contributed by atoms with Crippen molar-refractivity contribution in [2.45, 2.75) is 13.0 Å². The van der Waals surface area contributed by atoms with Crippen molar-refractivity contribution in [3.63, 3.8) is 0 Å². The van der Waals surface area contributed by atoms with Crippen molar-refractivity contribution < 1.29 is 4.39 Å². The van der Waals surface area contributed by atoms with Crippen molar-refractivity contribution in [3.8, 4) is 0 Å². The van der Waals surface area contributed by atoms with Gasteiger partial charge < -0.3 is 9.55 Å². The Balaban J connectivity index is 2.18. The van der Waals surface area contributed by atoms with E-state index in [0.717, 1.165) is 16.6 Å². The summed E-state index contributed by atoms with van der Waals surface area (Å²) in [7, 11) is 0. The van der Waals surface area contributed by atoms with Crippen LogP contribution in [0.2, 0.25) is 5.02 Å². The monoisotopic (exact) mass is 306 g/mol. The summed E-state index contributed by atoms with van der Waals surface area (Å²) in [5.74, 6) is -0.274. The molecule has 0 spiro atoms. The third-order valence-electron chi connectivity index (χ3n) is 3.42. The summed E-state index contributed by atoms with van der Waals surface area (Å²) in [6.07, 6.45) is 0. The molecule has 1 N–H and O–H groups in total. The minimum Gasteiger partial charge on any atom is -0.331 e. The third kappa shape index (κ3) is 2.25. The van der Waals surface area contributed by atoms with E-state index in [-0.39, 0.29) is 11.9 Å². The Bertz CT molecular complexity index is 820. The Labute approximate surface area is 125 Å². The molecule has 0 fully saturated rings. The number of imidazole rings is 1. The molecule has 1 aromatic heterocycles. The molecule has 3 rings (SSSR count). The van der Waals surface area contributed by atoms with Crippen LogP contribution in [0.4, 0.5) is 4.39 Å². The van der Waals surface area contributed by atoms with E-state index in [1.807, 2.05) is 35.8 Å². The minimum atomic E-state index is -0.274. The van der Waals surface area contributed by atoms with Gasteiger partial charge in [-0.25, -0.2) is 4.39 Å². The van der Waals surface area contributed by atoms with Gasteiger partial charge in [0.1, 0.15) is 5.82 Å². The highest BCUT2D eigenvalue weighted by atomic mass is 35.5. The van der Waals surface area contributed by atoms with Crippen molar-refractivity contribution in [2.24, 2.45) is 0 Å². The molecule has 1 unspecified atom stereocenters. The topological polar surface area (TPSA) is 20.7 Å². The summed E-state index contributed by atoms with van der Waals surface area (Å²) in [6, 6.07) is 12.2. The molecule has 0 saturated carbocycles. The van der Waals surface area contributed by atoms with Crippen LogP contribution in [-0.4, -0.2) is 9.55 Å². The van der Waals surface area contributed by atoms with E-state index >= 15 is 0 Å². The van der Waals surface area contributed by atoms with Crippen LogP contribution in [0, 0.1) is 10.6 Å². The van der Waals surface area contributed by atoms with Crippen LogP contribution >= 0.6 is 23.8 Å². The number of hydrogen-bond acceptors (Lipinski definition) is 1. The average Bonchev–Trinajstić information content (AvgIpc) is 2.74. The zero-order valence-electron chi connectivity index (χ0n) is 10.7. The second-order valence-electron chi connectivity index (χ2n) is 4.69. The number of hydrogen-bond donors (Lipinski definition) is 1. The molecule has 1 heterocycles. The molecule has 20 heavy (non-hydrogen) atoms. The number of aromatic nitrogens is 2. The molecule has 0 saturated heterocycles. The van der Waals surface area contributed by atoms with E-state index < -0.39 is 0 Å². The minimum absolute atomic E-state index is 0.00434. The van der Waals surface area contributed by atoms with E-state index in [4.69, 9.17) is 23.8 Å². The van der Waals surface area contributed by atoms with E-state index in [1.165, 1.54) is 12.1 Å². The molecular formula is C15H12ClFN2S. The van der Waals surface area contributed by atoms with Crippen LogP contribution < -0.4 is 0 Å². The first kappa shape index (κ1) is 13.3. The lowest BCUT2D eigenvalue weighted by molar-refractivity contribution is 0.622. The second kappa shape index (κ2) is 5.04. The molecule has 0 aliphatic heterocycles. The van der Waals surface area contributed by atoms with Crippen molar-refractivity contribution in [3.05, 3.63) is 63.6 Å². The van der Waals surface area contributed by atoms with Gasteiger partial charge in [0.15, 0.2) is 4.77 Å². The molecular weight excluding hydrogens is 295 g/mol. The molecule has 0 amide bonds. The van der Waals surface area contributed by atoms with Crippen LogP contribution in [0.3, 0.4) is 0 Å². The number of nitrogens with one attached hydrogen (secondary N) is 1. The Hall–Kier alpha value is -1.65. The summed E-state index contributed by atoms with van der Waals surface area (Å²) < 4.78 is 16.0. The van der Waals surface area contributed by atoms with Gasteiger partial charge in [0.2, 0.25) is 0 Å². The van der Waals surface area contributed by atoms with Gasteiger partial charge in [0.05, 0.1) is 17.1 Å². The predicted molar refractivity (Wildman–Crippen MR) is 82.3 cm³/mol. The van der Waals surface area contributed by atoms with Gasteiger partial charge in [-0.1, -0.05) is 23.7 Å². The predicted octanol–water partition coefficient (Wildman–Crippen LogP) is 5.10. The number of halogens is 2. The normalized spacial score (nSPS) is 12.8. The van der Waals surface area contributed by atoms with Gasteiger partial charge in [0, 0.05) is 5.02 Å². The number of nitrogens with zero attached hydrogens (tertiary/aromatic N) is 1. The maximum atomic E-state index is 13.5. The van der Waals surface area contributed by atoms with Gasteiger partial charge in [-0.05, 0) is 55.0 Å². The fourth-order valence-corrected chi connectivity index (χ4v) is 2.86. The second-order valence-corrected chi connectivity index (χ2v) is 5.51. The lowest BCUT2D eigenvalue weighted by Crippen LogP contribution is -2.06. The number of H-pyrrole nitrogens is 1. The molecule has 5 heteroatoms. The summed E-state index contributed by atoms with van der Waals surface area (Å²) in [5, 5.41) is 0.689. The summed E-state index contributed by atoms with van der Waals surface area (Å²) in [6.45, 7) is 2.03. The number of benzene rings is 2. The number of rotatable bonds is 2. The Morgan fingerprint density at radius 2 is 1.90 bits per heavy atom. The van der Waals surface area contributed by atoms with E-state index in [2.05, 4.69) is 4.98 Å². The zero-order valence-corrected chi connectivity index (χ0v) is 12.3. The lowest BCUT2D eigenvalue weighted by Gasteiger charge is -2.15. The highest BCUT2D eigenvalue weighted by molar-refractivity contribution is 7.71. The fraction of sp³-hybridized carbons (Fsp3) is 0.133. The maximum absolute atomic E-state index is 13.5. The first-order valence-corrected chi connectivity index (χ1v) is 7.00. The van der Waals surface area contributed by atoms with Crippen LogP contribution in [0.15, 0.2) is 42.5 Å². The quantitative estimate of drug-likeness (QED) is 0.653. The third-order valence-corrected chi connectivity index (χ3v) is 3.97. The largest absolute Gasteiger partial charge is 0.331 e. The van der Waals surface area contributed by atoms with Gasteiger partial charge in [-0.3, -0.25) is 0 Å². The Morgan fingerprint density at radius 3 is 2.60 bits per heavy atom. The molecule has 0 aliphatic carbocycles. The van der Waals surface area contributed by atoms with Crippen molar-refractivity contribution in [1.82, 2.24) is 9.55 Å².